The maximum atomic E-state index is 12.6. The highest BCUT2D eigenvalue weighted by molar-refractivity contribution is 6.30. The number of nitrogens with one attached hydrogen (secondary N) is 1. The minimum atomic E-state index is -0.259. The van der Waals surface area contributed by atoms with Crippen molar-refractivity contribution in [3.8, 4) is 5.75 Å². The van der Waals surface area contributed by atoms with Gasteiger partial charge in [-0.15, -0.1) is 0 Å². The van der Waals surface area contributed by atoms with E-state index in [0.717, 1.165) is 11.1 Å². The molecule has 1 amide bonds. The Morgan fingerprint density at radius 2 is 1.88 bits per heavy atom. The number of carbonyl (C=O) groups excluding carboxylic acids is 1. The monoisotopic (exact) mass is 352 g/mol. The number of hydrogen-bond acceptors (Lipinski definition) is 3. The van der Waals surface area contributed by atoms with E-state index in [4.69, 9.17) is 16.3 Å². The number of halogens is 1. The van der Waals surface area contributed by atoms with Crippen molar-refractivity contribution in [1.82, 2.24) is 4.98 Å². The Balaban J connectivity index is 1.73. The second-order valence-electron chi connectivity index (χ2n) is 5.58. The molecule has 1 heterocycles. The molecule has 0 spiro atoms. The lowest BCUT2D eigenvalue weighted by Gasteiger charge is -2.12. The first-order valence-corrected chi connectivity index (χ1v) is 8.20. The van der Waals surface area contributed by atoms with Crippen LogP contribution in [-0.2, 0) is 6.61 Å². The molecule has 0 unspecified atom stereocenters. The first-order chi connectivity index (χ1) is 12.1. The fourth-order valence-corrected chi connectivity index (χ4v) is 2.44. The van der Waals surface area contributed by atoms with Gasteiger partial charge in [0, 0.05) is 11.2 Å². The molecule has 0 radical (unpaired) electrons. The van der Waals surface area contributed by atoms with Gasteiger partial charge in [0.1, 0.15) is 18.2 Å². The normalized spacial score (nSPS) is 10.3. The van der Waals surface area contributed by atoms with E-state index in [2.05, 4.69) is 10.3 Å². The van der Waals surface area contributed by atoms with E-state index in [1.165, 1.54) is 0 Å². The molecule has 0 bridgehead atoms. The summed E-state index contributed by atoms with van der Waals surface area (Å²) in [6, 6.07) is 18.2. The van der Waals surface area contributed by atoms with Crippen molar-refractivity contribution >= 4 is 23.3 Å². The summed E-state index contributed by atoms with van der Waals surface area (Å²) in [5, 5.41) is 3.47. The second kappa shape index (κ2) is 7.81. The van der Waals surface area contributed by atoms with E-state index in [-0.39, 0.29) is 5.91 Å². The molecule has 3 rings (SSSR count). The van der Waals surface area contributed by atoms with Gasteiger partial charge in [-0.2, -0.15) is 0 Å². The van der Waals surface area contributed by atoms with Crippen LogP contribution in [0.15, 0.2) is 66.9 Å². The van der Waals surface area contributed by atoms with Gasteiger partial charge < -0.3 is 10.1 Å². The number of ether oxygens (including phenoxy) is 1. The fourth-order valence-electron chi connectivity index (χ4n) is 2.31. The zero-order chi connectivity index (χ0) is 17.6. The Labute approximate surface area is 151 Å². The number of amides is 1. The van der Waals surface area contributed by atoms with Gasteiger partial charge in [0.25, 0.3) is 5.91 Å². The Kier molecular flexibility index (Phi) is 5.31. The molecule has 2 aromatic carbocycles. The average molecular weight is 353 g/mol. The molecule has 1 N–H and O–H groups in total. The first-order valence-electron chi connectivity index (χ1n) is 7.82. The lowest BCUT2D eigenvalue weighted by Crippen LogP contribution is -2.14. The van der Waals surface area contributed by atoms with Gasteiger partial charge in [-0.25, -0.2) is 4.98 Å². The molecule has 126 valence electrons. The van der Waals surface area contributed by atoms with Crippen molar-refractivity contribution in [3.63, 3.8) is 0 Å². The topological polar surface area (TPSA) is 51.2 Å². The van der Waals surface area contributed by atoms with Gasteiger partial charge >= 0.3 is 0 Å². The number of aromatic nitrogens is 1. The number of nitrogens with zero attached hydrogens (tertiary/aromatic N) is 1. The largest absolute Gasteiger partial charge is 0.488 e. The van der Waals surface area contributed by atoms with Crippen LogP contribution in [0.1, 0.15) is 21.5 Å². The van der Waals surface area contributed by atoms with E-state index < -0.39 is 0 Å². The lowest BCUT2D eigenvalue weighted by molar-refractivity contribution is 0.102. The molecule has 0 aliphatic heterocycles. The summed E-state index contributed by atoms with van der Waals surface area (Å²) in [6.07, 6.45) is 1.66. The van der Waals surface area contributed by atoms with Gasteiger partial charge in [0.15, 0.2) is 0 Å². The first kappa shape index (κ1) is 17.0. The van der Waals surface area contributed by atoms with Crippen molar-refractivity contribution < 1.29 is 9.53 Å². The van der Waals surface area contributed by atoms with Crippen molar-refractivity contribution in [1.29, 1.82) is 0 Å². The zero-order valence-corrected chi connectivity index (χ0v) is 14.5. The number of benzene rings is 2. The predicted octanol–water partition coefficient (Wildman–Crippen LogP) is 4.87. The van der Waals surface area contributed by atoms with Crippen molar-refractivity contribution in [2.75, 3.05) is 5.32 Å². The number of pyridine rings is 1. The standard InChI is InChI=1S/C20H17ClN2O2/c1-14-10-11-22-19(12-14)23-20(24)17-4-2-3-5-18(17)25-13-15-6-8-16(21)9-7-15/h2-12H,13H2,1H3,(H,22,23,24). The Hall–Kier alpha value is -2.85. The summed E-state index contributed by atoms with van der Waals surface area (Å²) in [6.45, 7) is 2.30. The van der Waals surface area contributed by atoms with Crippen LogP contribution in [0.25, 0.3) is 0 Å². The van der Waals surface area contributed by atoms with Crippen molar-refractivity contribution in [3.05, 3.63) is 88.6 Å². The van der Waals surface area contributed by atoms with Gasteiger partial charge in [-0.3, -0.25) is 4.79 Å². The molecular weight excluding hydrogens is 336 g/mol. The summed E-state index contributed by atoms with van der Waals surface area (Å²) in [7, 11) is 0. The van der Waals surface area contributed by atoms with E-state index in [0.29, 0.717) is 28.8 Å². The van der Waals surface area contributed by atoms with Gasteiger partial charge in [-0.1, -0.05) is 35.9 Å². The van der Waals surface area contributed by atoms with E-state index in [9.17, 15) is 4.79 Å². The Morgan fingerprint density at radius 1 is 1.12 bits per heavy atom. The van der Waals surface area contributed by atoms with Gasteiger partial charge in [0.05, 0.1) is 5.56 Å². The highest BCUT2D eigenvalue weighted by Crippen LogP contribution is 2.21. The number of anilines is 1. The van der Waals surface area contributed by atoms with Gasteiger partial charge in [-0.05, 0) is 54.4 Å². The molecule has 0 saturated heterocycles. The summed E-state index contributed by atoms with van der Waals surface area (Å²) < 4.78 is 5.82. The van der Waals surface area contributed by atoms with Crippen molar-refractivity contribution in [2.24, 2.45) is 0 Å². The quantitative estimate of drug-likeness (QED) is 0.712. The molecular formula is C20H17ClN2O2. The third-order valence-electron chi connectivity index (χ3n) is 3.60. The van der Waals surface area contributed by atoms with E-state index >= 15 is 0 Å². The third kappa shape index (κ3) is 4.58. The summed E-state index contributed by atoms with van der Waals surface area (Å²) >= 11 is 5.88. The maximum Gasteiger partial charge on any atom is 0.260 e. The van der Waals surface area contributed by atoms with Crippen LogP contribution in [0.5, 0.6) is 5.75 Å². The molecule has 0 aliphatic carbocycles. The van der Waals surface area contributed by atoms with Gasteiger partial charge in [0.2, 0.25) is 0 Å². The Morgan fingerprint density at radius 3 is 2.64 bits per heavy atom. The summed E-state index contributed by atoms with van der Waals surface area (Å²) in [4.78, 5) is 16.7. The highest BCUT2D eigenvalue weighted by atomic mass is 35.5. The number of para-hydroxylation sites is 1. The summed E-state index contributed by atoms with van der Waals surface area (Å²) in [5.74, 6) is 0.768. The molecule has 0 atom stereocenters. The third-order valence-corrected chi connectivity index (χ3v) is 3.85. The van der Waals surface area contributed by atoms with Crippen LogP contribution in [0.2, 0.25) is 5.02 Å². The van der Waals surface area contributed by atoms with Crippen LogP contribution in [0.4, 0.5) is 5.82 Å². The molecule has 4 nitrogen and oxygen atoms in total. The number of hydrogen-bond donors (Lipinski definition) is 1. The lowest BCUT2D eigenvalue weighted by atomic mass is 10.2. The molecule has 5 heteroatoms. The highest BCUT2D eigenvalue weighted by Gasteiger charge is 2.13. The van der Waals surface area contributed by atoms with Crippen LogP contribution in [0.3, 0.4) is 0 Å². The molecule has 0 aliphatic rings. The van der Waals surface area contributed by atoms with Crippen LogP contribution < -0.4 is 10.1 Å². The number of aryl methyl sites for hydroxylation is 1. The fraction of sp³-hybridized carbons (Fsp3) is 0.100. The molecule has 25 heavy (non-hydrogen) atoms. The molecule has 3 aromatic rings. The maximum absolute atomic E-state index is 12.6. The Bertz CT molecular complexity index is 879. The molecule has 0 saturated carbocycles. The summed E-state index contributed by atoms with van der Waals surface area (Å²) in [5.41, 5.74) is 2.46. The molecule has 1 aromatic heterocycles. The average Bonchev–Trinajstić information content (AvgIpc) is 2.61. The van der Waals surface area contributed by atoms with Crippen LogP contribution >= 0.6 is 11.6 Å². The number of carbonyl (C=O) groups is 1. The van der Waals surface area contributed by atoms with Crippen LogP contribution in [-0.4, -0.2) is 10.9 Å². The van der Waals surface area contributed by atoms with E-state index in [1.54, 1.807) is 24.4 Å². The number of rotatable bonds is 5. The van der Waals surface area contributed by atoms with E-state index in [1.807, 2.05) is 49.4 Å². The van der Waals surface area contributed by atoms with Crippen molar-refractivity contribution in [2.45, 2.75) is 13.5 Å². The zero-order valence-electron chi connectivity index (χ0n) is 13.7. The van der Waals surface area contributed by atoms with Crippen LogP contribution in [0, 0.1) is 6.92 Å². The predicted molar refractivity (Wildman–Crippen MR) is 99.2 cm³/mol. The minimum Gasteiger partial charge on any atom is -0.488 e. The SMILES string of the molecule is Cc1ccnc(NC(=O)c2ccccc2OCc2ccc(Cl)cc2)c1. The second-order valence-corrected chi connectivity index (χ2v) is 6.02. The minimum absolute atomic E-state index is 0.259. The molecule has 0 fully saturated rings. The smallest absolute Gasteiger partial charge is 0.260 e.